The van der Waals surface area contributed by atoms with Gasteiger partial charge in [0.1, 0.15) is 5.15 Å². The fourth-order valence-corrected chi connectivity index (χ4v) is 2.91. The second-order valence-corrected chi connectivity index (χ2v) is 6.22. The average Bonchev–Trinajstić information content (AvgIpc) is 2.95. The third-order valence-electron chi connectivity index (χ3n) is 3.95. The zero-order valence-corrected chi connectivity index (χ0v) is 13.4. The van der Waals surface area contributed by atoms with Gasteiger partial charge in [-0.15, -0.1) is 0 Å². The summed E-state index contributed by atoms with van der Waals surface area (Å²) in [5.41, 5.74) is 6.75. The number of pyridine rings is 1. The molecule has 1 saturated carbocycles. The standard InChI is InChI=1S/C15H23ClN4O/c1-19(2)7-8-20(11-5-3-4-6-11)15(21)12-9-14(16)18-10-13(12)17/h9-11H,3-8,17H2,1-2H3. The first kappa shape index (κ1) is 16.0. The maximum absolute atomic E-state index is 12.9. The zero-order valence-electron chi connectivity index (χ0n) is 12.7. The molecule has 0 aromatic carbocycles. The Balaban J connectivity index is 2.21. The molecule has 2 rings (SSSR count). The summed E-state index contributed by atoms with van der Waals surface area (Å²) >= 11 is 5.91. The van der Waals surface area contributed by atoms with Gasteiger partial charge in [-0.1, -0.05) is 24.4 Å². The largest absolute Gasteiger partial charge is 0.397 e. The summed E-state index contributed by atoms with van der Waals surface area (Å²) in [4.78, 5) is 20.8. The molecule has 0 radical (unpaired) electrons. The summed E-state index contributed by atoms with van der Waals surface area (Å²) in [7, 11) is 4.02. The topological polar surface area (TPSA) is 62.5 Å². The van der Waals surface area contributed by atoms with Crippen molar-refractivity contribution >= 4 is 23.2 Å². The lowest BCUT2D eigenvalue weighted by molar-refractivity contribution is 0.0668. The second kappa shape index (κ2) is 7.09. The molecule has 0 atom stereocenters. The molecule has 1 heterocycles. The maximum Gasteiger partial charge on any atom is 0.256 e. The van der Waals surface area contributed by atoms with Crippen LogP contribution in [0.25, 0.3) is 0 Å². The third-order valence-corrected chi connectivity index (χ3v) is 4.15. The van der Waals surface area contributed by atoms with Crippen molar-refractivity contribution in [3.8, 4) is 0 Å². The summed E-state index contributed by atoms with van der Waals surface area (Å²) in [6.07, 6.45) is 5.95. The Bertz CT molecular complexity index is 500. The highest BCUT2D eigenvalue weighted by atomic mass is 35.5. The molecular formula is C15H23ClN4O. The number of carbonyl (C=O) groups is 1. The van der Waals surface area contributed by atoms with Gasteiger partial charge in [0, 0.05) is 19.1 Å². The molecule has 21 heavy (non-hydrogen) atoms. The van der Waals surface area contributed by atoms with Crippen LogP contribution >= 0.6 is 11.6 Å². The first-order valence-electron chi connectivity index (χ1n) is 7.35. The van der Waals surface area contributed by atoms with Gasteiger partial charge >= 0.3 is 0 Å². The van der Waals surface area contributed by atoms with Crippen molar-refractivity contribution in [2.24, 2.45) is 0 Å². The molecule has 1 amide bonds. The van der Waals surface area contributed by atoms with E-state index in [9.17, 15) is 4.79 Å². The minimum absolute atomic E-state index is 0.0365. The smallest absolute Gasteiger partial charge is 0.256 e. The molecule has 1 aromatic heterocycles. The Hall–Kier alpha value is -1.33. The van der Waals surface area contributed by atoms with E-state index in [1.54, 1.807) is 6.07 Å². The van der Waals surface area contributed by atoms with Crippen LogP contribution in [0.3, 0.4) is 0 Å². The summed E-state index contributed by atoms with van der Waals surface area (Å²) < 4.78 is 0. The van der Waals surface area contributed by atoms with Crippen molar-refractivity contribution in [3.05, 3.63) is 23.0 Å². The van der Waals surface area contributed by atoms with Crippen LogP contribution in [0.2, 0.25) is 5.15 Å². The number of likely N-dealkylation sites (N-methyl/N-ethyl adjacent to an activating group) is 1. The van der Waals surface area contributed by atoms with Gasteiger partial charge in [0.2, 0.25) is 0 Å². The fraction of sp³-hybridized carbons (Fsp3) is 0.600. The van der Waals surface area contributed by atoms with Gasteiger partial charge in [-0.2, -0.15) is 0 Å². The molecule has 0 bridgehead atoms. The van der Waals surface area contributed by atoms with Gasteiger partial charge in [-0.3, -0.25) is 4.79 Å². The number of hydrogen-bond acceptors (Lipinski definition) is 4. The van der Waals surface area contributed by atoms with E-state index in [2.05, 4.69) is 9.88 Å². The van der Waals surface area contributed by atoms with Gasteiger partial charge in [0.25, 0.3) is 5.91 Å². The van der Waals surface area contributed by atoms with E-state index in [0.29, 0.717) is 29.0 Å². The Morgan fingerprint density at radius 1 is 1.38 bits per heavy atom. The van der Waals surface area contributed by atoms with E-state index in [-0.39, 0.29) is 5.91 Å². The number of anilines is 1. The van der Waals surface area contributed by atoms with E-state index in [1.165, 1.54) is 19.0 Å². The first-order chi connectivity index (χ1) is 9.99. The van der Waals surface area contributed by atoms with Crippen molar-refractivity contribution in [1.29, 1.82) is 0 Å². The van der Waals surface area contributed by atoms with Crippen LogP contribution in [-0.2, 0) is 0 Å². The van der Waals surface area contributed by atoms with E-state index < -0.39 is 0 Å². The Morgan fingerprint density at radius 3 is 2.67 bits per heavy atom. The number of nitrogens with two attached hydrogens (primary N) is 1. The Morgan fingerprint density at radius 2 is 2.05 bits per heavy atom. The Labute approximate surface area is 131 Å². The SMILES string of the molecule is CN(C)CCN(C(=O)c1cc(Cl)ncc1N)C1CCCC1. The predicted molar refractivity (Wildman–Crippen MR) is 85.5 cm³/mol. The highest BCUT2D eigenvalue weighted by Crippen LogP contribution is 2.26. The van der Waals surface area contributed by atoms with Crippen molar-refractivity contribution in [2.75, 3.05) is 32.9 Å². The number of nitrogens with zero attached hydrogens (tertiary/aromatic N) is 3. The molecule has 1 aliphatic rings. The van der Waals surface area contributed by atoms with Gasteiger partial charge in [0.05, 0.1) is 17.4 Å². The lowest BCUT2D eigenvalue weighted by atomic mass is 10.1. The molecular weight excluding hydrogens is 288 g/mol. The van der Waals surface area contributed by atoms with Crippen molar-refractivity contribution in [1.82, 2.24) is 14.8 Å². The lowest BCUT2D eigenvalue weighted by Gasteiger charge is -2.30. The molecule has 1 aliphatic carbocycles. The summed E-state index contributed by atoms with van der Waals surface area (Å²) in [5.74, 6) is -0.0365. The quantitative estimate of drug-likeness (QED) is 0.847. The third kappa shape index (κ3) is 4.08. The molecule has 0 unspecified atom stereocenters. The van der Waals surface area contributed by atoms with Gasteiger partial charge in [-0.05, 0) is 33.0 Å². The van der Waals surface area contributed by atoms with E-state index in [0.717, 1.165) is 19.4 Å². The first-order valence-corrected chi connectivity index (χ1v) is 7.73. The number of amides is 1. The van der Waals surface area contributed by atoms with Crippen LogP contribution < -0.4 is 5.73 Å². The van der Waals surface area contributed by atoms with E-state index in [4.69, 9.17) is 17.3 Å². The molecule has 6 heteroatoms. The van der Waals surface area contributed by atoms with Gasteiger partial charge < -0.3 is 15.5 Å². The van der Waals surface area contributed by atoms with E-state index >= 15 is 0 Å². The number of rotatable bonds is 5. The predicted octanol–water partition coefficient (Wildman–Crippen LogP) is 2.26. The van der Waals surface area contributed by atoms with Crippen LogP contribution in [0.5, 0.6) is 0 Å². The number of hydrogen-bond donors (Lipinski definition) is 1. The number of nitrogen functional groups attached to an aromatic ring is 1. The monoisotopic (exact) mass is 310 g/mol. The number of aromatic nitrogens is 1. The highest BCUT2D eigenvalue weighted by molar-refractivity contribution is 6.29. The molecule has 1 aromatic rings. The fourth-order valence-electron chi connectivity index (χ4n) is 2.75. The van der Waals surface area contributed by atoms with Crippen molar-refractivity contribution < 1.29 is 4.79 Å². The molecule has 2 N–H and O–H groups in total. The van der Waals surface area contributed by atoms with Gasteiger partial charge in [0.15, 0.2) is 0 Å². The summed E-state index contributed by atoms with van der Waals surface area (Å²) in [6, 6.07) is 1.88. The van der Waals surface area contributed by atoms with Gasteiger partial charge in [-0.25, -0.2) is 4.98 Å². The lowest BCUT2D eigenvalue weighted by Crippen LogP contribution is -2.43. The van der Waals surface area contributed by atoms with Crippen LogP contribution in [-0.4, -0.2) is 53.9 Å². The van der Waals surface area contributed by atoms with Crippen LogP contribution in [0, 0.1) is 0 Å². The van der Waals surface area contributed by atoms with Crippen LogP contribution in [0.1, 0.15) is 36.0 Å². The van der Waals surface area contributed by atoms with Crippen molar-refractivity contribution in [3.63, 3.8) is 0 Å². The average molecular weight is 311 g/mol. The Kier molecular flexibility index (Phi) is 5.42. The minimum Gasteiger partial charge on any atom is -0.397 e. The molecule has 5 nitrogen and oxygen atoms in total. The zero-order chi connectivity index (χ0) is 15.4. The number of carbonyl (C=O) groups excluding carboxylic acids is 1. The summed E-state index contributed by atoms with van der Waals surface area (Å²) in [6.45, 7) is 1.54. The number of halogens is 1. The second-order valence-electron chi connectivity index (χ2n) is 5.83. The molecule has 0 aliphatic heterocycles. The molecule has 1 fully saturated rings. The molecule has 116 valence electrons. The van der Waals surface area contributed by atoms with Crippen LogP contribution in [0.4, 0.5) is 5.69 Å². The minimum atomic E-state index is -0.0365. The van der Waals surface area contributed by atoms with Crippen molar-refractivity contribution in [2.45, 2.75) is 31.7 Å². The normalized spacial score (nSPS) is 15.6. The summed E-state index contributed by atoms with van der Waals surface area (Å²) in [5, 5.41) is 0.298. The maximum atomic E-state index is 12.9. The van der Waals surface area contributed by atoms with Crippen LogP contribution in [0.15, 0.2) is 12.3 Å². The highest BCUT2D eigenvalue weighted by Gasteiger charge is 2.28. The molecule has 0 spiro atoms. The van der Waals surface area contributed by atoms with E-state index in [1.807, 2.05) is 19.0 Å². The molecule has 0 saturated heterocycles.